The highest BCUT2D eigenvalue weighted by Gasteiger charge is 2.34. The van der Waals surface area contributed by atoms with Crippen LogP contribution in [0.15, 0.2) is 20.2 Å². The molecule has 23 heavy (non-hydrogen) atoms. The van der Waals surface area contributed by atoms with Crippen LogP contribution in [0.1, 0.15) is 30.6 Å². The van der Waals surface area contributed by atoms with Crippen molar-refractivity contribution in [2.75, 3.05) is 13.2 Å². The number of aromatic nitrogens is 2. The maximum atomic E-state index is 12.6. The molecule has 0 aromatic carbocycles. The second-order valence-electron chi connectivity index (χ2n) is 5.28. The summed E-state index contributed by atoms with van der Waals surface area (Å²) < 4.78 is 38.6. The molecular formula is C13H16ClN3O4S2. The molecule has 1 unspecified atom stereocenters. The maximum Gasteiger partial charge on any atom is 0.252 e. The highest BCUT2D eigenvalue weighted by Crippen LogP contribution is 2.33. The second-order valence-corrected chi connectivity index (χ2v) is 8.52. The van der Waals surface area contributed by atoms with E-state index < -0.39 is 16.1 Å². The monoisotopic (exact) mass is 377 g/mol. The lowest BCUT2D eigenvalue weighted by Gasteiger charge is -2.28. The Morgan fingerprint density at radius 3 is 2.74 bits per heavy atom. The van der Waals surface area contributed by atoms with Crippen molar-refractivity contribution in [1.82, 2.24) is 14.9 Å². The van der Waals surface area contributed by atoms with Crippen LogP contribution in [0.2, 0.25) is 5.02 Å². The van der Waals surface area contributed by atoms with Crippen molar-refractivity contribution >= 4 is 33.0 Å². The average Bonchev–Trinajstić information content (AvgIpc) is 3.15. The molecule has 0 radical (unpaired) electrons. The fourth-order valence-corrected chi connectivity index (χ4v) is 5.49. The summed E-state index contributed by atoms with van der Waals surface area (Å²) in [6, 6.07) is 0.962. The third kappa shape index (κ3) is 3.74. The lowest BCUT2D eigenvalue weighted by atomic mass is 9.92. The SMILES string of the molecule is Cc1noc(C(NS(=O)(=O)c2sccc2Cl)C2CCOCC2)n1. The molecule has 0 saturated carbocycles. The van der Waals surface area contributed by atoms with Gasteiger partial charge in [-0.05, 0) is 37.1 Å². The van der Waals surface area contributed by atoms with Crippen molar-refractivity contribution in [2.45, 2.75) is 30.0 Å². The van der Waals surface area contributed by atoms with Gasteiger partial charge in [0.25, 0.3) is 10.0 Å². The van der Waals surface area contributed by atoms with E-state index in [2.05, 4.69) is 14.9 Å². The summed E-state index contributed by atoms with van der Waals surface area (Å²) in [6.45, 7) is 2.85. The Morgan fingerprint density at radius 1 is 1.43 bits per heavy atom. The molecule has 1 aliphatic heterocycles. The van der Waals surface area contributed by atoms with Crippen LogP contribution in [0.25, 0.3) is 0 Å². The minimum atomic E-state index is -3.77. The zero-order valence-corrected chi connectivity index (χ0v) is 14.7. The molecule has 3 heterocycles. The topological polar surface area (TPSA) is 94.3 Å². The largest absolute Gasteiger partial charge is 0.381 e. The first kappa shape index (κ1) is 16.8. The van der Waals surface area contributed by atoms with Gasteiger partial charge in [0, 0.05) is 13.2 Å². The molecule has 7 nitrogen and oxygen atoms in total. The van der Waals surface area contributed by atoms with Gasteiger partial charge in [-0.1, -0.05) is 16.8 Å². The van der Waals surface area contributed by atoms with E-state index in [1.165, 1.54) is 0 Å². The fourth-order valence-electron chi connectivity index (χ4n) is 2.53. The standard InChI is InChI=1S/C13H16ClN3O4S2/c1-8-15-12(21-16-8)11(9-2-5-20-6-3-9)17-23(18,19)13-10(14)4-7-22-13/h4,7,9,11,17H,2-3,5-6H2,1H3. The second kappa shape index (κ2) is 6.86. The number of sulfonamides is 1. The number of hydrogen-bond acceptors (Lipinski definition) is 7. The number of thiophene rings is 1. The molecule has 1 saturated heterocycles. The van der Waals surface area contributed by atoms with E-state index in [9.17, 15) is 8.42 Å². The van der Waals surface area contributed by atoms with Gasteiger partial charge in [0.1, 0.15) is 6.04 Å². The highest BCUT2D eigenvalue weighted by atomic mass is 35.5. The fraction of sp³-hybridized carbons (Fsp3) is 0.538. The average molecular weight is 378 g/mol. The minimum absolute atomic E-state index is 0.0251. The zero-order valence-electron chi connectivity index (χ0n) is 12.4. The van der Waals surface area contributed by atoms with Crippen molar-refractivity contribution in [3.63, 3.8) is 0 Å². The summed E-state index contributed by atoms with van der Waals surface area (Å²) in [5.74, 6) is 0.758. The lowest BCUT2D eigenvalue weighted by molar-refractivity contribution is 0.0522. The van der Waals surface area contributed by atoms with Gasteiger partial charge in [-0.2, -0.15) is 9.71 Å². The summed E-state index contributed by atoms with van der Waals surface area (Å²) in [7, 11) is -3.77. The molecule has 10 heteroatoms. The van der Waals surface area contributed by atoms with Gasteiger partial charge in [0.15, 0.2) is 10.0 Å². The van der Waals surface area contributed by atoms with Crippen LogP contribution in [0, 0.1) is 12.8 Å². The minimum Gasteiger partial charge on any atom is -0.381 e. The molecule has 0 amide bonds. The van der Waals surface area contributed by atoms with Gasteiger partial charge in [-0.25, -0.2) is 8.42 Å². The van der Waals surface area contributed by atoms with E-state index in [0.29, 0.717) is 31.9 Å². The molecule has 1 atom stereocenters. The molecular weight excluding hydrogens is 362 g/mol. The van der Waals surface area contributed by atoms with Crippen LogP contribution < -0.4 is 4.72 Å². The van der Waals surface area contributed by atoms with Crippen LogP contribution in [0.4, 0.5) is 0 Å². The summed E-state index contributed by atoms with van der Waals surface area (Å²) in [6.07, 6.45) is 1.43. The van der Waals surface area contributed by atoms with Crippen molar-refractivity contribution < 1.29 is 17.7 Å². The van der Waals surface area contributed by atoms with E-state index in [0.717, 1.165) is 11.3 Å². The Balaban J connectivity index is 1.91. The summed E-state index contributed by atoms with van der Waals surface area (Å²) in [5.41, 5.74) is 0. The number of nitrogens with one attached hydrogen (secondary N) is 1. The van der Waals surface area contributed by atoms with E-state index in [4.69, 9.17) is 20.9 Å². The molecule has 2 aromatic rings. The van der Waals surface area contributed by atoms with Crippen molar-refractivity contribution in [2.24, 2.45) is 5.92 Å². The summed E-state index contributed by atoms with van der Waals surface area (Å²) >= 11 is 7.04. The molecule has 0 aliphatic carbocycles. The Kier molecular flexibility index (Phi) is 5.02. The molecule has 0 bridgehead atoms. The van der Waals surface area contributed by atoms with Gasteiger partial charge < -0.3 is 9.26 Å². The van der Waals surface area contributed by atoms with Crippen LogP contribution in [-0.4, -0.2) is 31.8 Å². The van der Waals surface area contributed by atoms with Gasteiger partial charge in [0.2, 0.25) is 5.89 Å². The van der Waals surface area contributed by atoms with Crippen LogP contribution in [0.5, 0.6) is 0 Å². The molecule has 126 valence electrons. The van der Waals surface area contributed by atoms with Crippen LogP contribution >= 0.6 is 22.9 Å². The molecule has 1 fully saturated rings. The maximum absolute atomic E-state index is 12.6. The van der Waals surface area contributed by atoms with E-state index in [-0.39, 0.29) is 21.0 Å². The first-order valence-electron chi connectivity index (χ1n) is 7.10. The summed E-state index contributed by atoms with van der Waals surface area (Å²) in [4.78, 5) is 4.20. The Morgan fingerprint density at radius 2 is 2.17 bits per heavy atom. The molecule has 3 rings (SSSR count). The molecule has 1 N–H and O–H groups in total. The highest BCUT2D eigenvalue weighted by molar-refractivity contribution is 7.91. The Bertz CT molecular complexity index is 768. The van der Waals surface area contributed by atoms with E-state index in [1.807, 2.05) is 0 Å². The Labute approximate surface area is 143 Å². The molecule has 2 aromatic heterocycles. The number of ether oxygens (including phenoxy) is 1. The first-order valence-corrected chi connectivity index (χ1v) is 9.85. The number of rotatable bonds is 5. The quantitative estimate of drug-likeness (QED) is 0.860. The number of aryl methyl sites for hydroxylation is 1. The first-order chi connectivity index (χ1) is 11.0. The summed E-state index contributed by atoms with van der Waals surface area (Å²) in [5, 5.41) is 5.61. The number of halogens is 1. The van der Waals surface area contributed by atoms with Gasteiger partial charge in [-0.3, -0.25) is 0 Å². The molecule has 0 spiro atoms. The predicted octanol–water partition coefficient (Wildman–Crippen LogP) is 2.54. The lowest BCUT2D eigenvalue weighted by Crippen LogP contribution is -2.36. The number of nitrogens with zero attached hydrogens (tertiary/aromatic N) is 2. The Hall–Kier alpha value is -1.00. The van der Waals surface area contributed by atoms with Crippen molar-refractivity contribution in [3.8, 4) is 0 Å². The third-order valence-corrected chi connectivity index (χ3v) is 7.12. The van der Waals surface area contributed by atoms with Crippen molar-refractivity contribution in [3.05, 3.63) is 28.2 Å². The van der Waals surface area contributed by atoms with Gasteiger partial charge in [-0.15, -0.1) is 11.3 Å². The molecule has 1 aliphatic rings. The smallest absolute Gasteiger partial charge is 0.252 e. The van der Waals surface area contributed by atoms with E-state index >= 15 is 0 Å². The van der Waals surface area contributed by atoms with Crippen molar-refractivity contribution in [1.29, 1.82) is 0 Å². The van der Waals surface area contributed by atoms with Crippen LogP contribution in [0.3, 0.4) is 0 Å². The normalized spacial score (nSPS) is 18.2. The van der Waals surface area contributed by atoms with E-state index in [1.54, 1.807) is 18.4 Å². The number of hydrogen-bond donors (Lipinski definition) is 1. The van der Waals surface area contributed by atoms with Gasteiger partial charge in [0.05, 0.1) is 5.02 Å². The predicted molar refractivity (Wildman–Crippen MR) is 85.0 cm³/mol. The third-order valence-electron chi connectivity index (χ3n) is 3.66. The van der Waals surface area contributed by atoms with Gasteiger partial charge >= 0.3 is 0 Å². The van der Waals surface area contributed by atoms with Crippen LogP contribution in [-0.2, 0) is 14.8 Å². The zero-order chi connectivity index (χ0) is 16.4.